The van der Waals surface area contributed by atoms with Gasteiger partial charge in [0.25, 0.3) is 0 Å². The lowest BCUT2D eigenvalue weighted by molar-refractivity contribution is 0.0796. The Labute approximate surface area is 123 Å². The van der Waals surface area contributed by atoms with Crippen molar-refractivity contribution in [2.24, 2.45) is 0 Å². The topological polar surface area (TPSA) is 21.3 Å². The van der Waals surface area contributed by atoms with Crippen LogP contribution in [0.15, 0.2) is 30.3 Å². The Morgan fingerprint density at radius 2 is 2.05 bits per heavy atom. The van der Waals surface area contributed by atoms with Gasteiger partial charge in [0.2, 0.25) is 0 Å². The Balaban J connectivity index is 2.19. The van der Waals surface area contributed by atoms with Gasteiger partial charge in [-0.25, -0.2) is 0 Å². The number of benzene rings is 1. The lowest BCUT2D eigenvalue weighted by atomic mass is 9.73. The quantitative estimate of drug-likeness (QED) is 0.815. The molecule has 2 atom stereocenters. The second kappa shape index (κ2) is 7.24. The molecule has 2 unspecified atom stereocenters. The van der Waals surface area contributed by atoms with Gasteiger partial charge in [0.15, 0.2) is 0 Å². The van der Waals surface area contributed by atoms with Gasteiger partial charge in [-0.3, -0.25) is 0 Å². The van der Waals surface area contributed by atoms with Gasteiger partial charge in [-0.2, -0.15) is 0 Å². The minimum atomic E-state index is 0.195. The highest BCUT2D eigenvalue weighted by Crippen LogP contribution is 2.35. The van der Waals surface area contributed by atoms with E-state index in [-0.39, 0.29) is 5.41 Å². The van der Waals surface area contributed by atoms with Crippen molar-refractivity contribution in [3.05, 3.63) is 35.9 Å². The normalized spacial score (nSPS) is 22.1. The summed E-state index contributed by atoms with van der Waals surface area (Å²) >= 11 is 0. The highest BCUT2D eigenvalue weighted by atomic mass is 16.5. The van der Waals surface area contributed by atoms with Crippen molar-refractivity contribution in [2.75, 3.05) is 13.2 Å². The fourth-order valence-electron chi connectivity index (χ4n) is 3.20. The molecule has 0 aliphatic carbocycles. The van der Waals surface area contributed by atoms with E-state index in [1.54, 1.807) is 0 Å². The Morgan fingerprint density at radius 3 is 2.60 bits per heavy atom. The molecule has 0 amide bonds. The van der Waals surface area contributed by atoms with Crippen molar-refractivity contribution in [3.8, 4) is 0 Å². The monoisotopic (exact) mass is 275 g/mol. The van der Waals surface area contributed by atoms with Gasteiger partial charge >= 0.3 is 0 Å². The molecule has 1 aliphatic rings. The summed E-state index contributed by atoms with van der Waals surface area (Å²) in [4.78, 5) is 0. The lowest BCUT2D eigenvalue weighted by Crippen LogP contribution is -2.42. The van der Waals surface area contributed by atoms with Gasteiger partial charge in [-0.05, 0) is 31.2 Å². The largest absolute Gasteiger partial charge is 0.378 e. The molecular weight excluding hydrogens is 246 g/mol. The molecule has 0 saturated carbocycles. The molecule has 2 nitrogen and oxygen atoms in total. The maximum absolute atomic E-state index is 5.91. The minimum Gasteiger partial charge on any atom is -0.378 e. The Bertz CT molecular complexity index is 384. The molecule has 1 aliphatic heterocycles. The first-order valence-corrected chi connectivity index (χ1v) is 8.07. The number of ether oxygens (including phenoxy) is 1. The predicted octanol–water partition coefficient (Wildman–Crippen LogP) is 3.90. The maximum atomic E-state index is 5.91. The van der Waals surface area contributed by atoms with E-state index < -0.39 is 0 Å². The molecule has 1 heterocycles. The standard InChI is InChI=1S/C18H29NO/c1-4-18(14-19-15(2)3,13-17-11-8-12-20-17)16-9-6-5-7-10-16/h5-7,9-10,15,17,19H,4,8,11-14H2,1-3H3. The second-order valence-electron chi connectivity index (χ2n) is 6.37. The summed E-state index contributed by atoms with van der Waals surface area (Å²) in [5, 5.41) is 3.65. The van der Waals surface area contributed by atoms with Crippen LogP contribution in [-0.2, 0) is 10.2 Å². The third-order valence-electron chi connectivity index (χ3n) is 4.55. The van der Waals surface area contributed by atoms with Crippen molar-refractivity contribution < 1.29 is 4.74 Å². The van der Waals surface area contributed by atoms with E-state index in [2.05, 4.69) is 56.4 Å². The molecule has 0 spiro atoms. The van der Waals surface area contributed by atoms with Gasteiger partial charge < -0.3 is 10.1 Å². The molecule has 1 aromatic carbocycles. The summed E-state index contributed by atoms with van der Waals surface area (Å²) in [7, 11) is 0. The van der Waals surface area contributed by atoms with Crippen LogP contribution >= 0.6 is 0 Å². The zero-order valence-corrected chi connectivity index (χ0v) is 13.2. The van der Waals surface area contributed by atoms with E-state index in [1.807, 2.05) is 0 Å². The smallest absolute Gasteiger partial charge is 0.0585 e. The van der Waals surface area contributed by atoms with Gasteiger partial charge in [-0.15, -0.1) is 0 Å². The Hall–Kier alpha value is -0.860. The third-order valence-corrected chi connectivity index (χ3v) is 4.55. The summed E-state index contributed by atoms with van der Waals surface area (Å²) < 4.78 is 5.91. The van der Waals surface area contributed by atoms with Crippen molar-refractivity contribution >= 4 is 0 Å². The number of hydrogen-bond acceptors (Lipinski definition) is 2. The van der Waals surface area contributed by atoms with Crippen molar-refractivity contribution in [1.29, 1.82) is 0 Å². The molecule has 1 aromatic rings. The molecule has 112 valence electrons. The van der Waals surface area contributed by atoms with Gasteiger partial charge in [0, 0.05) is 24.6 Å². The summed E-state index contributed by atoms with van der Waals surface area (Å²) in [6, 6.07) is 11.5. The molecule has 0 bridgehead atoms. The van der Waals surface area contributed by atoms with Crippen LogP contribution in [0.5, 0.6) is 0 Å². The van der Waals surface area contributed by atoms with Gasteiger partial charge in [0.05, 0.1) is 6.10 Å². The van der Waals surface area contributed by atoms with Crippen LogP contribution in [0.4, 0.5) is 0 Å². The van der Waals surface area contributed by atoms with Crippen LogP contribution in [-0.4, -0.2) is 25.3 Å². The van der Waals surface area contributed by atoms with Crippen molar-refractivity contribution in [1.82, 2.24) is 5.32 Å². The fraction of sp³-hybridized carbons (Fsp3) is 0.667. The highest BCUT2D eigenvalue weighted by Gasteiger charge is 2.34. The molecule has 2 heteroatoms. The maximum Gasteiger partial charge on any atom is 0.0585 e. The zero-order valence-electron chi connectivity index (χ0n) is 13.2. The molecule has 0 radical (unpaired) electrons. The molecule has 1 fully saturated rings. The van der Waals surface area contributed by atoms with Gasteiger partial charge in [-0.1, -0.05) is 51.1 Å². The molecule has 0 aromatic heterocycles. The van der Waals surface area contributed by atoms with Crippen LogP contribution in [0, 0.1) is 0 Å². The van der Waals surface area contributed by atoms with Crippen LogP contribution in [0.3, 0.4) is 0 Å². The van der Waals surface area contributed by atoms with E-state index in [4.69, 9.17) is 4.74 Å². The summed E-state index contributed by atoms with van der Waals surface area (Å²) in [6.45, 7) is 8.72. The van der Waals surface area contributed by atoms with E-state index >= 15 is 0 Å². The highest BCUT2D eigenvalue weighted by molar-refractivity contribution is 5.26. The first-order chi connectivity index (χ1) is 9.66. The average molecular weight is 275 g/mol. The Morgan fingerprint density at radius 1 is 1.30 bits per heavy atom. The lowest BCUT2D eigenvalue weighted by Gasteiger charge is -2.36. The average Bonchev–Trinajstić information content (AvgIpc) is 2.97. The fourth-order valence-corrected chi connectivity index (χ4v) is 3.20. The van der Waals surface area contributed by atoms with E-state index in [0.717, 1.165) is 26.0 Å². The third kappa shape index (κ3) is 3.83. The number of hydrogen-bond donors (Lipinski definition) is 1. The van der Waals surface area contributed by atoms with E-state index in [0.29, 0.717) is 12.1 Å². The first-order valence-electron chi connectivity index (χ1n) is 8.07. The van der Waals surface area contributed by atoms with Crippen LogP contribution in [0.1, 0.15) is 52.0 Å². The zero-order chi connectivity index (χ0) is 14.4. The van der Waals surface area contributed by atoms with Crippen LogP contribution in [0.2, 0.25) is 0 Å². The summed E-state index contributed by atoms with van der Waals surface area (Å²) in [6.07, 6.45) is 5.15. The van der Waals surface area contributed by atoms with Gasteiger partial charge in [0.1, 0.15) is 0 Å². The predicted molar refractivity (Wildman–Crippen MR) is 85.1 cm³/mol. The molecule has 2 rings (SSSR count). The number of nitrogens with one attached hydrogen (secondary N) is 1. The SMILES string of the molecule is CCC(CNC(C)C)(CC1CCCO1)c1ccccc1. The van der Waals surface area contributed by atoms with Crippen LogP contribution in [0.25, 0.3) is 0 Å². The first kappa shape index (κ1) is 15.5. The molecule has 1 saturated heterocycles. The number of rotatable bonds is 7. The molecular formula is C18H29NO. The van der Waals surface area contributed by atoms with Crippen molar-refractivity contribution in [3.63, 3.8) is 0 Å². The second-order valence-corrected chi connectivity index (χ2v) is 6.37. The molecule has 1 N–H and O–H groups in total. The van der Waals surface area contributed by atoms with Crippen molar-refractivity contribution in [2.45, 2.75) is 64.0 Å². The Kier molecular flexibility index (Phi) is 5.62. The summed E-state index contributed by atoms with van der Waals surface area (Å²) in [5.74, 6) is 0. The van der Waals surface area contributed by atoms with E-state index in [9.17, 15) is 0 Å². The summed E-state index contributed by atoms with van der Waals surface area (Å²) in [5.41, 5.74) is 1.65. The van der Waals surface area contributed by atoms with E-state index in [1.165, 1.54) is 18.4 Å². The molecule has 20 heavy (non-hydrogen) atoms. The van der Waals surface area contributed by atoms with Crippen LogP contribution < -0.4 is 5.32 Å². The minimum absolute atomic E-state index is 0.195.